The maximum atomic E-state index is 5.12. The van der Waals surface area contributed by atoms with Gasteiger partial charge in [-0.1, -0.05) is 60.8 Å². The van der Waals surface area contributed by atoms with Gasteiger partial charge < -0.3 is 0 Å². The first-order valence-electron chi connectivity index (χ1n) is 9.84. The van der Waals surface area contributed by atoms with Crippen molar-refractivity contribution in [2.24, 2.45) is 0 Å². The number of thiophene rings is 1. The molecule has 0 spiro atoms. The van der Waals surface area contributed by atoms with Crippen LogP contribution in [0.2, 0.25) is 0 Å². The first-order valence-corrected chi connectivity index (χ1v) is 12.6. The van der Waals surface area contributed by atoms with Crippen LogP contribution < -0.4 is 0 Å². The van der Waals surface area contributed by atoms with Gasteiger partial charge in [-0.2, -0.15) is 0 Å². The summed E-state index contributed by atoms with van der Waals surface area (Å²) in [4.78, 5) is 7.76. The average Bonchev–Trinajstić information content (AvgIpc) is 3.32. The minimum Gasteiger partial charge on any atom is -0.247 e. The van der Waals surface area contributed by atoms with Crippen LogP contribution in [0.3, 0.4) is 0 Å². The van der Waals surface area contributed by atoms with Crippen LogP contribution in [0.4, 0.5) is 0 Å². The molecule has 7 heteroatoms. The normalized spacial score (nSPS) is 14.0. The highest BCUT2D eigenvalue weighted by atomic mass is 32.2. The first-order chi connectivity index (χ1) is 13.8. The van der Waals surface area contributed by atoms with Crippen LogP contribution in [0.5, 0.6) is 0 Å². The van der Waals surface area contributed by atoms with Gasteiger partial charge in [0.05, 0.1) is 5.39 Å². The van der Waals surface area contributed by atoms with E-state index in [0.717, 1.165) is 45.1 Å². The van der Waals surface area contributed by atoms with Crippen molar-refractivity contribution < 1.29 is 0 Å². The molecule has 1 aromatic carbocycles. The van der Waals surface area contributed by atoms with Gasteiger partial charge in [-0.15, -0.1) is 21.5 Å². The van der Waals surface area contributed by atoms with Gasteiger partial charge in [0.2, 0.25) is 0 Å². The van der Waals surface area contributed by atoms with E-state index in [0.29, 0.717) is 0 Å². The van der Waals surface area contributed by atoms with Crippen LogP contribution in [0.1, 0.15) is 42.2 Å². The van der Waals surface area contributed by atoms with Crippen LogP contribution in [0.15, 0.2) is 40.6 Å². The third-order valence-corrected chi connectivity index (χ3v) is 8.37. The standard InChI is InChI=1S/C21H22N4S3/c1-2-12-26-21-24-23-18-17-15-10-6-7-11-16(15)28-19(17)22-20(25(18)21)27-13-14-8-4-3-5-9-14/h3-5,8-9H,2,6-7,10-13H2,1H3. The second kappa shape index (κ2) is 8.05. The second-order valence-corrected chi connectivity index (χ2v) is 10.1. The molecule has 4 nitrogen and oxygen atoms in total. The molecule has 0 fully saturated rings. The fourth-order valence-electron chi connectivity index (χ4n) is 3.71. The molecule has 0 amide bonds. The summed E-state index contributed by atoms with van der Waals surface area (Å²) in [7, 11) is 0. The quantitative estimate of drug-likeness (QED) is 0.279. The Morgan fingerprint density at radius 1 is 1.04 bits per heavy atom. The molecule has 144 valence electrons. The van der Waals surface area contributed by atoms with Crippen LogP contribution in [0.25, 0.3) is 15.9 Å². The predicted octanol–water partition coefficient (Wildman–Crippen LogP) is 6.01. The van der Waals surface area contributed by atoms with Crippen molar-refractivity contribution in [3.8, 4) is 0 Å². The minimum atomic E-state index is 0.898. The number of fused-ring (bicyclic) bond motifs is 5. The number of nitrogens with zero attached hydrogens (tertiary/aromatic N) is 4. The topological polar surface area (TPSA) is 43.1 Å². The SMILES string of the molecule is CCCSc1nnc2c3c4c(sc3nc(SCc3ccccc3)n12)CCCC4. The molecule has 1 aliphatic rings. The van der Waals surface area contributed by atoms with Gasteiger partial charge in [-0.3, -0.25) is 0 Å². The molecule has 5 rings (SSSR count). The predicted molar refractivity (Wildman–Crippen MR) is 120 cm³/mol. The van der Waals surface area contributed by atoms with E-state index >= 15 is 0 Å². The molecule has 0 saturated heterocycles. The van der Waals surface area contributed by atoms with Gasteiger partial charge in [0.1, 0.15) is 4.83 Å². The van der Waals surface area contributed by atoms with Gasteiger partial charge in [0.15, 0.2) is 16.0 Å². The van der Waals surface area contributed by atoms with Crippen molar-refractivity contribution in [2.75, 3.05) is 5.75 Å². The Morgan fingerprint density at radius 2 is 1.89 bits per heavy atom. The molecule has 0 saturated carbocycles. The third kappa shape index (κ3) is 3.33. The molecule has 3 aromatic heterocycles. The molecular formula is C21H22N4S3. The van der Waals surface area contributed by atoms with Crippen molar-refractivity contribution in [3.63, 3.8) is 0 Å². The number of hydrogen-bond donors (Lipinski definition) is 0. The summed E-state index contributed by atoms with van der Waals surface area (Å²) in [6.07, 6.45) is 6.00. The molecule has 1 aliphatic carbocycles. The van der Waals surface area contributed by atoms with E-state index in [2.05, 4.69) is 51.9 Å². The van der Waals surface area contributed by atoms with E-state index in [1.165, 1.54) is 40.7 Å². The number of hydrogen-bond acceptors (Lipinski definition) is 6. The van der Waals surface area contributed by atoms with Gasteiger partial charge in [-0.05, 0) is 43.2 Å². The van der Waals surface area contributed by atoms with E-state index in [9.17, 15) is 0 Å². The van der Waals surface area contributed by atoms with Crippen molar-refractivity contribution in [1.82, 2.24) is 19.6 Å². The number of aromatic nitrogens is 4. The van der Waals surface area contributed by atoms with Crippen molar-refractivity contribution in [1.29, 1.82) is 0 Å². The van der Waals surface area contributed by atoms with E-state index in [1.807, 2.05) is 11.3 Å². The molecule has 0 bridgehead atoms. The molecule has 0 N–H and O–H groups in total. The summed E-state index contributed by atoms with van der Waals surface area (Å²) in [5, 5.41) is 12.4. The van der Waals surface area contributed by atoms with E-state index in [4.69, 9.17) is 4.98 Å². The van der Waals surface area contributed by atoms with Gasteiger partial charge in [-0.25, -0.2) is 9.38 Å². The van der Waals surface area contributed by atoms with Crippen LogP contribution >= 0.6 is 34.9 Å². The number of benzene rings is 1. The Morgan fingerprint density at radius 3 is 2.75 bits per heavy atom. The maximum absolute atomic E-state index is 5.12. The molecule has 0 aliphatic heterocycles. The monoisotopic (exact) mass is 426 g/mol. The molecule has 0 unspecified atom stereocenters. The highest BCUT2D eigenvalue weighted by molar-refractivity contribution is 7.99. The van der Waals surface area contributed by atoms with E-state index in [1.54, 1.807) is 23.5 Å². The Balaban J connectivity index is 1.64. The maximum Gasteiger partial charge on any atom is 0.197 e. The third-order valence-electron chi connectivity index (χ3n) is 5.04. The number of thioether (sulfide) groups is 2. The molecule has 4 aromatic rings. The zero-order chi connectivity index (χ0) is 18.9. The van der Waals surface area contributed by atoms with E-state index in [-0.39, 0.29) is 0 Å². The number of rotatable bonds is 6. The van der Waals surface area contributed by atoms with Gasteiger partial charge in [0.25, 0.3) is 0 Å². The highest BCUT2D eigenvalue weighted by Gasteiger charge is 2.23. The fraction of sp³-hybridized carbons (Fsp3) is 0.381. The van der Waals surface area contributed by atoms with Crippen LogP contribution in [-0.4, -0.2) is 25.3 Å². The average molecular weight is 427 g/mol. The summed E-state index contributed by atoms with van der Waals surface area (Å²) < 4.78 is 2.21. The lowest BCUT2D eigenvalue weighted by Gasteiger charge is -2.11. The summed E-state index contributed by atoms with van der Waals surface area (Å²) in [6, 6.07) is 10.6. The Kier molecular flexibility index (Phi) is 5.30. The second-order valence-electron chi connectivity index (χ2n) is 7.05. The summed E-state index contributed by atoms with van der Waals surface area (Å²) in [6.45, 7) is 2.20. The van der Waals surface area contributed by atoms with Crippen LogP contribution in [0, 0.1) is 0 Å². The smallest absolute Gasteiger partial charge is 0.197 e. The summed E-state index contributed by atoms with van der Waals surface area (Å²) in [5.41, 5.74) is 3.78. The Labute approximate surface area is 177 Å². The number of aryl methyl sites for hydroxylation is 2. The lowest BCUT2D eigenvalue weighted by Crippen LogP contribution is -2.01. The van der Waals surface area contributed by atoms with Gasteiger partial charge in [0, 0.05) is 16.4 Å². The summed E-state index contributed by atoms with van der Waals surface area (Å²) >= 11 is 5.43. The molecular weight excluding hydrogens is 404 g/mol. The van der Waals surface area contributed by atoms with Crippen LogP contribution in [-0.2, 0) is 18.6 Å². The Bertz CT molecular complexity index is 1120. The van der Waals surface area contributed by atoms with E-state index < -0.39 is 0 Å². The van der Waals surface area contributed by atoms with Crippen molar-refractivity contribution in [3.05, 3.63) is 46.3 Å². The zero-order valence-corrected chi connectivity index (χ0v) is 18.3. The minimum absolute atomic E-state index is 0.898. The van der Waals surface area contributed by atoms with Crippen molar-refractivity contribution >= 4 is 50.7 Å². The van der Waals surface area contributed by atoms with Gasteiger partial charge >= 0.3 is 0 Å². The van der Waals surface area contributed by atoms with Crippen molar-refractivity contribution in [2.45, 2.75) is 55.1 Å². The highest BCUT2D eigenvalue weighted by Crippen LogP contribution is 2.40. The first kappa shape index (κ1) is 18.5. The molecule has 3 heterocycles. The summed E-state index contributed by atoms with van der Waals surface area (Å²) in [5.74, 6) is 1.94. The molecule has 0 atom stereocenters. The Hall–Kier alpha value is -1.57. The largest absolute Gasteiger partial charge is 0.247 e. The molecule has 0 radical (unpaired) electrons. The lowest BCUT2D eigenvalue weighted by atomic mass is 9.97. The zero-order valence-electron chi connectivity index (χ0n) is 15.9. The lowest BCUT2D eigenvalue weighted by molar-refractivity contribution is 0.700. The molecule has 28 heavy (non-hydrogen) atoms. The fourth-order valence-corrected chi connectivity index (χ4v) is 6.81.